The summed E-state index contributed by atoms with van der Waals surface area (Å²) in [5.41, 5.74) is 7.02. The van der Waals surface area contributed by atoms with Crippen LogP contribution in [0.4, 0.5) is 0 Å². The van der Waals surface area contributed by atoms with Crippen molar-refractivity contribution >= 4 is 11.8 Å². The first-order valence-electron chi connectivity index (χ1n) is 5.71. The van der Waals surface area contributed by atoms with E-state index in [9.17, 15) is 0 Å². The summed E-state index contributed by atoms with van der Waals surface area (Å²) in [5, 5.41) is 1.73. The van der Waals surface area contributed by atoms with Gasteiger partial charge in [-0.25, -0.2) is 4.98 Å². The Morgan fingerprint density at radius 2 is 2.25 bits per heavy atom. The average molecular weight is 238 g/mol. The van der Waals surface area contributed by atoms with Gasteiger partial charge in [0.15, 0.2) is 0 Å². The lowest BCUT2D eigenvalue weighted by Crippen LogP contribution is -2.17. The Balaban J connectivity index is 2.00. The number of nitrogens with zero attached hydrogens (tertiary/aromatic N) is 1. The summed E-state index contributed by atoms with van der Waals surface area (Å²) >= 11 is 1.85. The van der Waals surface area contributed by atoms with Gasteiger partial charge in [0.2, 0.25) is 0 Å². The Kier molecular flexibility index (Phi) is 4.21. The summed E-state index contributed by atoms with van der Waals surface area (Å²) in [7, 11) is 0. The largest absolute Gasteiger partial charge is 0.381 e. The van der Waals surface area contributed by atoms with Gasteiger partial charge in [0.1, 0.15) is 0 Å². The van der Waals surface area contributed by atoms with Gasteiger partial charge >= 0.3 is 0 Å². The molecule has 1 aliphatic rings. The van der Waals surface area contributed by atoms with Crippen LogP contribution in [-0.4, -0.2) is 23.4 Å². The number of ether oxygens (including phenoxy) is 1. The molecule has 4 heteroatoms. The van der Waals surface area contributed by atoms with Gasteiger partial charge in [-0.2, -0.15) is 0 Å². The second-order valence-corrected chi connectivity index (χ2v) is 5.47. The molecule has 0 amide bonds. The van der Waals surface area contributed by atoms with Crippen molar-refractivity contribution in [2.45, 2.75) is 36.1 Å². The maximum atomic E-state index is 5.86. The molecule has 0 bridgehead atoms. The molecule has 16 heavy (non-hydrogen) atoms. The van der Waals surface area contributed by atoms with Crippen LogP contribution in [-0.2, 0) is 4.74 Å². The molecule has 1 aromatic heterocycles. The van der Waals surface area contributed by atoms with Crippen LogP contribution >= 0.6 is 11.8 Å². The number of rotatable bonds is 3. The number of aromatic nitrogens is 1. The highest BCUT2D eigenvalue weighted by molar-refractivity contribution is 7.99. The number of pyridine rings is 1. The van der Waals surface area contributed by atoms with Crippen LogP contribution < -0.4 is 5.73 Å². The molecule has 0 aliphatic carbocycles. The molecule has 2 N–H and O–H groups in total. The lowest BCUT2D eigenvalue weighted by Gasteiger charge is -2.21. The third-order valence-electron chi connectivity index (χ3n) is 2.74. The highest BCUT2D eigenvalue weighted by atomic mass is 32.2. The lowest BCUT2D eigenvalue weighted by molar-refractivity contribution is 0.1000. The van der Waals surface area contributed by atoms with Gasteiger partial charge in [-0.15, -0.1) is 11.8 Å². The highest BCUT2D eigenvalue weighted by Gasteiger charge is 2.15. The molecule has 1 aromatic rings. The minimum atomic E-state index is 0.0806. The van der Waals surface area contributed by atoms with E-state index >= 15 is 0 Å². The van der Waals surface area contributed by atoms with Crippen molar-refractivity contribution in [3.05, 3.63) is 23.9 Å². The van der Waals surface area contributed by atoms with Gasteiger partial charge in [-0.3, -0.25) is 0 Å². The van der Waals surface area contributed by atoms with Crippen LogP contribution in [0.3, 0.4) is 0 Å². The first kappa shape index (κ1) is 11.9. The van der Waals surface area contributed by atoms with E-state index < -0.39 is 0 Å². The van der Waals surface area contributed by atoms with E-state index in [0.29, 0.717) is 5.25 Å². The normalized spacial score (nSPS) is 19.6. The van der Waals surface area contributed by atoms with E-state index in [0.717, 1.165) is 36.6 Å². The van der Waals surface area contributed by atoms with Gasteiger partial charge in [0.05, 0.1) is 5.03 Å². The summed E-state index contributed by atoms with van der Waals surface area (Å²) in [4.78, 5) is 4.38. The van der Waals surface area contributed by atoms with Gasteiger partial charge in [0, 0.05) is 30.7 Å². The maximum Gasteiger partial charge on any atom is 0.0965 e. The quantitative estimate of drug-likeness (QED) is 0.878. The number of nitrogens with two attached hydrogens (primary N) is 1. The van der Waals surface area contributed by atoms with Crippen molar-refractivity contribution in [3.8, 4) is 0 Å². The van der Waals surface area contributed by atoms with E-state index in [1.54, 1.807) is 0 Å². The number of hydrogen-bond acceptors (Lipinski definition) is 4. The fraction of sp³-hybridized carbons (Fsp3) is 0.583. The summed E-state index contributed by atoms with van der Waals surface area (Å²) in [6.07, 6.45) is 4.09. The fourth-order valence-electron chi connectivity index (χ4n) is 1.74. The van der Waals surface area contributed by atoms with Gasteiger partial charge < -0.3 is 10.5 Å². The molecule has 88 valence electrons. The lowest BCUT2D eigenvalue weighted by atomic mass is 10.1. The summed E-state index contributed by atoms with van der Waals surface area (Å²) < 4.78 is 5.35. The van der Waals surface area contributed by atoms with Crippen LogP contribution in [0.25, 0.3) is 0 Å². The van der Waals surface area contributed by atoms with Crippen LogP contribution in [0.5, 0.6) is 0 Å². The molecule has 0 aromatic carbocycles. The average Bonchev–Trinajstić information content (AvgIpc) is 2.30. The molecule has 0 radical (unpaired) electrons. The number of hydrogen-bond donors (Lipinski definition) is 1. The summed E-state index contributed by atoms with van der Waals surface area (Å²) in [5.74, 6) is 0. The van der Waals surface area contributed by atoms with Crippen molar-refractivity contribution in [2.75, 3.05) is 13.2 Å². The molecule has 0 spiro atoms. The second kappa shape index (κ2) is 5.66. The second-order valence-electron chi connectivity index (χ2n) is 4.15. The van der Waals surface area contributed by atoms with Gasteiger partial charge in [-0.1, -0.05) is 0 Å². The fourth-order valence-corrected chi connectivity index (χ4v) is 2.83. The van der Waals surface area contributed by atoms with Gasteiger partial charge in [-0.05, 0) is 37.5 Å². The zero-order chi connectivity index (χ0) is 11.4. The van der Waals surface area contributed by atoms with Crippen LogP contribution in [0.1, 0.15) is 31.4 Å². The van der Waals surface area contributed by atoms with E-state index in [2.05, 4.69) is 11.1 Å². The maximum absolute atomic E-state index is 5.86. The summed E-state index contributed by atoms with van der Waals surface area (Å²) in [6, 6.07) is 4.17. The molecule has 1 saturated heterocycles. The van der Waals surface area contributed by atoms with Crippen LogP contribution in [0.15, 0.2) is 23.4 Å². The molecule has 0 saturated carbocycles. The van der Waals surface area contributed by atoms with E-state index in [1.165, 1.54) is 0 Å². The molecule has 0 unspecified atom stereocenters. The van der Waals surface area contributed by atoms with Crippen molar-refractivity contribution in [1.82, 2.24) is 4.98 Å². The Labute approximate surface area is 101 Å². The zero-order valence-electron chi connectivity index (χ0n) is 9.56. The third kappa shape index (κ3) is 3.20. The first-order chi connectivity index (χ1) is 7.75. The Bertz CT molecular complexity index is 338. The van der Waals surface area contributed by atoms with Crippen LogP contribution in [0.2, 0.25) is 0 Å². The highest BCUT2D eigenvalue weighted by Crippen LogP contribution is 2.29. The van der Waals surface area contributed by atoms with E-state index in [-0.39, 0.29) is 6.04 Å². The monoisotopic (exact) mass is 238 g/mol. The van der Waals surface area contributed by atoms with E-state index in [4.69, 9.17) is 10.5 Å². The smallest absolute Gasteiger partial charge is 0.0965 e. The van der Waals surface area contributed by atoms with Crippen molar-refractivity contribution in [1.29, 1.82) is 0 Å². The minimum Gasteiger partial charge on any atom is -0.381 e. The summed E-state index contributed by atoms with van der Waals surface area (Å²) in [6.45, 7) is 3.76. The predicted octanol–water partition coefficient (Wildman–Crippen LogP) is 2.37. The standard InChI is InChI=1S/C12H18N2OS/c1-9(13)10-2-5-14-12(8-10)16-11-3-6-15-7-4-11/h2,5,8-9,11H,3-4,6-7,13H2,1H3/t9-/m1/s1. The van der Waals surface area contributed by atoms with Crippen molar-refractivity contribution in [2.24, 2.45) is 5.73 Å². The Morgan fingerprint density at radius 1 is 1.50 bits per heavy atom. The third-order valence-corrected chi connectivity index (χ3v) is 4.01. The molecule has 1 atom stereocenters. The Hall–Kier alpha value is -0.580. The molecule has 1 fully saturated rings. The molecule has 3 nitrogen and oxygen atoms in total. The molecule has 2 rings (SSSR count). The van der Waals surface area contributed by atoms with Crippen molar-refractivity contribution < 1.29 is 4.74 Å². The number of thioether (sulfide) groups is 1. The molecular formula is C12H18N2OS. The van der Waals surface area contributed by atoms with Crippen LogP contribution in [0, 0.1) is 0 Å². The first-order valence-corrected chi connectivity index (χ1v) is 6.59. The Morgan fingerprint density at radius 3 is 2.94 bits per heavy atom. The zero-order valence-corrected chi connectivity index (χ0v) is 10.4. The predicted molar refractivity (Wildman–Crippen MR) is 66.5 cm³/mol. The van der Waals surface area contributed by atoms with Gasteiger partial charge in [0.25, 0.3) is 0 Å². The molecule has 1 aliphatic heterocycles. The van der Waals surface area contributed by atoms with Crippen molar-refractivity contribution in [3.63, 3.8) is 0 Å². The minimum absolute atomic E-state index is 0.0806. The van der Waals surface area contributed by atoms with E-state index in [1.807, 2.05) is 30.9 Å². The SMILES string of the molecule is C[C@@H](N)c1ccnc(SC2CCOCC2)c1. The molecule has 2 heterocycles. The topological polar surface area (TPSA) is 48.1 Å². The molecular weight excluding hydrogens is 220 g/mol.